The van der Waals surface area contributed by atoms with Gasteiger partial charge in [-0.25, -0.2) is 0 Å². The maximum Gasteiger partial charge on any atom is 0.0490 e. The van der Waals surface area contributed by atoms with Gasteiger partial charge in [0.1, 0.15) is 0 Å². The molecule has 0 aromatic carbocycles. The molecule has 0 saturated heterocycles. The van der Waals surface area contributed by atoms with Gasteiger partial charge in [0.15, 0.2) is 0 Å². The van der Waals surface area contributed by atoms with Crippen molar-refractivity contribution in [3.63, 3.8) is 0 Å². The summed E-state index contributed by atoms with van der Waals surface area (Å²) < 4.78 is 0. The third kappa shape index (κ3) is 1.77. The lowest BCUT2D eigenvalue weighted by Crippen LogP contribution is -2.46. The molecular weight excluding hydrogens is 232 g/mol. The van der Waals surface area contributed by atoms with Gasteiger partial charge in [-0.3, -0.25) is 0 Å². The van der Waals surface area contributed by atoms with Gasteiger partial charge in [0.2, 0.25) is 0 Å². The number of hydrogen-bond donors (Lipinski definition) is 1. The van der Waals surface area contributed by atoms with Crippen molar-refractivity contribution in [1.82, 2.24) is 0 Å². The molecule has 0 heterocycles. The molecular formula is C18H28O. The average Bonchev–Trinajstić information content (AvgIpc) is 2.91. The molecule has 19 heavy (non-hydrogen) atoms. The zero-order valence-corrected chi connectivity index (χ0v) is 12.1. The molecule has 0 spiro atoms. The van der Waals surface area contributed by atoms with Gasteiger partial charge < -0.3 is 5.11 Å². The van der Waals surface area contributed by atoms with Crippen molar-refractivity contribution >= 4 is 0 Å². The maximum absolute atomic E-state index is 9.96. The molecule has 0 unspecified atom stereocenters. The van der Waals surface area contributed by atoms with Gasteiger partial charge >= 0.3 is 0 Å². The Morgan fingerprint density at radius 2 is 2.00 bits per heavy atom. The third-order valence-electron chi connectivity index (χ3n) is 7.21. The largest absolute Gasteiger partial charge is 0.396 e. The van der Waals surface area contributed by atoms with Crippen LogP contribution in [0.5, 0.6) is 0 Å². The number of fused-ring (bicyclic) bond motifs is 5. The predicted octanol–water partition coefficient (Wildman–Crippen LogP) is 4.31. The molecule has 1 N–H and O–H groups in total. The van der Waals surface area contributed by atoms with Crippen LogP contribution in [0.15, 0.2) is 11.6 Å². The lowest BCUT2D eigenvalue weighted by atomic mass is 9.53. The van der Waals surface area contributed by atoms with Crippen LogP contribution in [0.1, 0.15) is 64.2 Å². The first-order chi connectivity index (χ1) is 9.34. The Kier molecular flexibility index (Phi) is 3.02. The van der Waals surface area contributed by atoms with E-state index >= 15 is 0 Å². The van der Waals surface area contributed by atoms with Gasteiger partial charge in [-0.1, -0.05) is 24.5 Å². The smallest absolute Gasteiger partial charge is 0.0490 e. The molecule has 3 fully saturated rings. The second-order valence-electron chi connectivity index (χ2n) is 7.75. The minimum atomic E-state index is 0.335. The van der Waals surface area contributed by atoms with Crippen LogP contribution in [0.4, 0.5) is 0 Å². The first-order valence-corrected chi connectivity index (χ1v) is 8.64. The molecule has 1 heteroatoms. The van der Waals surface area contributed by atoms with Crippen molar-refractivity contribution < 1.29 is 5.11 Å². The minimum absolute atomic E-state index is 0.335. The second kappa shape index (κ2) is 4.62. The standard InChI is InChI=1S/C18H28O/c19-12-18-10-3-6-17(18)16-8-7-13-4-1-2-5-14(13)15(16)9-11-18/h7,14-17,19H,1-6,8-12H2/t14-,15+,16+,17-,18-/m0/s1. The van der Waals surface area contributed by atoms with E-state index in [9.17, 15) is 5.11 Å². The first-order valence-electron chi connectivity index (χ1n) is 8.64. The summed E-state index contributed by atoms with van der Waals surface area (Å²) in [7, 11) is 0. The van der Waals surface area contributed by atoms with Gasteiger partial charge in [-0.05, 0) is 80.5 Å². The molecule has 1 nitrogen and oxygen atoms in total. The third-order valence-corrected chi connectivity index (χ3v) is 7.21. The SMILES string of the molecule is OC[C@@]12CCC[C@H]1[C@@H]1CC=C3CCCC[C@@H]3[C@H]1CC2. The van der Waals surface area contributed by atoms with Gasteiger partial charge in [0.05, 0.1) is 0 Å². The van der Waals surface area contributed by atoms with E-state index in [-0.39, 0.29) is 0 Å². The van der Waals surface area contributed by atoms with Crippen molar-refractivity contribution in [3.05, 3.63) is 11.6 Å². The molecule has 0 bridgehead atoms. The fourth-order valence-corrected chi connectivity index (χ4v) is 6.32. The van der Waals surface area contributed by atoms with Crippen LogP contribution in [0, 0.1) is 29.1 Å². The van der Waals surface area contributed by atoms with Crippen LogP contribution < -0.4 is 0 Å². The highest BCUT2D eigenvalue weighted by molar-refractivity contribution is 5.18. The summed E-state index contributed by atoms with van der Waals surface area (Å²) in [6.45, 7) is 0.460. The quantitative estimate of drug-likeness (QED) is 0.696. The molecule has 4 rings (SSSR count). The van der Waals surface area contributed by atoms with Crippen molar-refractivity contribution in [3.8, 4) is 0 Å². The van der Waals surface area contributed by atoms with Crippen LogP contribution in [0.2, 0.25) is 0 Å². The Bertz CT molecular complexity index is 385. The Morgan fingerprint density at radius 3 is 2.89 bits per heavy atom. The van der Waals surface area contributed by atoms with E-state index in [1.807, 2.05) is 5.57 Å². The summed E-state index contributed by atoms with van der Waals surface area (Å²) >= 11 is 0. The van der Waals surface area contributed by atoms with E-state index in [1.54, 1.807) is 0 Å². The minimum Gasteiger partial charge on any atom is -0.396 e. The van der Waals surface area contributed by atoms with Gasteiger partial charge in [0, 0.05) is 6.61 Å². The normalized spacial score (nSPS) is 49.0. The first kappa shape index (κ1) is 12.4. The summed E-state index contributed by atoms with van der Waals surface area (Å²) in [6.07, 6.45) is 16.5. The molecule has 0 aliphatic heterocycles. The Hall–Kier alpha value is -0.300. The summed E-state index contributed by atoms with van der Waals surface area (Å²) in [6, 6.07) is 0. The van der Waals surface area contributed by atoms with Crippen LogP contribution in [-0.2, 0) is 0 Å². The summed E-state index contributed by atoms with van der Waals surface area (Å²) in [5, 5.41) is 9.96. The van der Waals surface area contributed by atoms with Crippen molar-refractivity contribution in [2.24, 2.45) is 29.1 Å². The second-order valence-corrected chi connectivity index (χ2v) is 7.75. The number of aliphatic hydroxyl groups excluding tert-OH is 1. The lowest BCUT2D eigenvalue weighted by Gasteiger charge is -2.52. The average molecular weight is 260 g/mol. The fourth-order valence-electron chi connectivity index (χ4n) is 6.32. The molecule has 106 valence electrons. The van der Waals surface area contributed by atoms with Crippen molar-refractivity contribution in [1.29, 1.82) is 0 Å². The topological polar surface area (TPSA) is 20.2 Å². The van der Waals surface area contributed by atoms with Crippen LogP contribution in [-0.4, -0.2) is 11.7 Å². The summed E-state index contributed by atoms with van der Waals surface area (Å²) in [5.74, 6) is 3.67. The summed E-state index contributed by atoms with van der Waals surface area (Å²) in [4.78, 5) is 0. The van der Waals surface area contributed by atoms with Crippen molar-refractivity contribution in [2.45, 2.75) is 64.2 Å². The molecule has 0 aromatic heterocycles. The fraction of sp³-hybridized carbons (Fsp3) is 0.889. The van der Waals surface area contributed by atoms with Crippen molar-refractivity contribution in [2.75, 3.05) is 6.61 Å². The Balaban J connectivity index is 1.64. The molecule has 3 saturated carbocycles. The molecule has 0 aromatic rings. The zero-order valence-electron chi connectivity index (χ0n) is 12.1. The monoisotopic (exact) mass is 260 g/mol. The Labute approximate surface area is 117 Å². The summed E-state index contributed by atoms with van der Waals surface area (Å²) in [5.41, 5.74) is 2.16. The number of allylic oxidation sites excluding steroid dienone is 2. The van der Waals surface area contributed by atoms with Crippen LogP contribution in [0.3, 0.4) is 0 Å². The number of aliphatic hydroxyl groups is 1. The van der Waals surface area contributed by atoms with Crippen LogP contribution in [0.25, 0.3) is 0 Å². The number of rotatable bonds is 1. The lowest BCUT2D eigenvalue weighted by molar-refractivity contribution is -0.0343. The molecule has 0 amide bonds. The van der Waals surface area contributed by atoms with E-state index < -0.39 is 0 Å². The molecule has 5 atom stereocenters. The van der Waals surface area contributed by atoms with E-state index in [1.165, 1.54) is 64.2 Å². The van der Waals surface area contributed by atoms with E-state index in [4.69, 9.17) is 0 Å². The van der Waals surface area contributed by atoms with E-state index in [2.05, 4.69) is 6.08 Å². The van der Waals surface area contributed by atoms with Gasteiger partial charge in [-0.2, -0.15) is 0 Å². The highest BCUT2D eigenvalue weighted by Crippen LogP contribution is 2.61. The number of hydrogen-bond acceptors (Lipinski definition) is 1. The van der Waals surface area contributed by atoms with Gasteiger partial charge in [-0.15, -0.1) is 0 Å². The zero-order chi connectivity index (χ0) is 12.9. The van der Waals surface area contributed by atoms with Crippen LogP contribution >= 0.6 is 0 Å². The predicted molar refractivity (Wildman–Crippen MR) is 77.7 cm³/mol. The maximum atomic E-state index is 9.96. The van der Waals surface area contributed by atoms with E-state index in [0.717, 1.165) is 23.7 Å². The van der Waals surface area contributed by atoms with E-state index in [0.29, 0.717) is 12.0 Å². The highest BCUT2D eigenvalue weighted by atomic mass is 16.3. The Morgan fingerprint density at radius 1 is 1.05 bits per heavy atom. The highest BCUT2D eigenvalue weighted by Gasteiger charge is 2.53. The van der Waals surface area contributed by atoms with Gasteiger partial charge in [0.25, 0.3) is 0 Å². The molecule has 4 aliphatic carbocycles. The molecule has 4 aliphatic rings. The molecule has 0 radical (unpaired) electrons.